The van der Waals surface area contributed by atoms with E-state index in [0.29, 0.717) is 5.56 Å². The first kappa shape index (κ1) is 22.5. The van der Waals surface area contributed by atoms with Gasteiger partial charge in [-0.05, 0) is 24.6 Å². The number of fused-ring (bicyclic) bond motifs is 1. The summed E-state index contributed by atoms with van der Waals surface area (Å²) in [6, 6.07) is 4.11. The molecular weight excluding hydrogens is 480 g/mol. The van der Waals surface area contributed by atoms with Crippen LogP contribution in [0.1, 0.15) is 24.2 Å². The van der Waals surface area contributed by atoms with Gasteiger partial charge in [0.2, 0.25) is 10.0 Å². The zero-order valence-electron chi connectivity index (χ0n) is 16.1. The van der Waals surface area contributed by atoms with Crippen molar-refractivity contribution in [2.24, 2.45) is 4.99 Å². The van der Waals surface area contributed by atoms with Gasteiger partial charge in [0.1, 0.15) is 11.3 Å². The number of benzene rings is 1. The van der Waals surface area contributed by atoms with Gasteiger partial charge in [0, 0.05) is 24.9 Å². The smallest absolute Gasteiger partial charge is 0.379 e. The summed E-state index contributed by atoms with van der Waals surface area (Å²) < 4.78 is 74.6. The fourth-order valence-corrected chi connectivity index (χ4v) is 6.13. The maximum atomic E-state index is 13.6. The fourth-order valence-electron chi connectivity index (χ4n) is 3.76. The van der Waals surface area contributed by atoms with Crippen LogP contribution in [0.25, 0.3) is 0 Å². The zero-order valence-corrected chi connectivity index (χ0v) is 18.4. The molecule has 31 heavy (non-hydrogen) atoms. The van der Waals surface area contributed by atoms with Gasteiger partial charge in [0.05, 0.1) is 23.3 Å². The minimum Gasteiger partial charge on any atom is -0.379 e. The van der Waals surface area contributed by atoms with Crippen molar-refractivity contribution >= 4 is 44.8 Å². The summed E-state index contributed by atoms with van der Waals surface area (Å²) in [6.07, 6.45) is -4.71. The number of aromatic nitrogens is 2. The second-order valence-electron chi connectivity index (χ2n) is 7.18. The average molecular weight is 497 g/mol. The first-order valence-corrected chi connectivity index (χ1v) is 11.5. The highest BCUT2D eigenvalue weighted by atomic mass is 35.5. The van der Waals surface area contributed by atoms with Crippen LogP contribution in [0.5, 0.6) is 0 Å². The predicted molar refractivity (Wildman–Crippen MR) is 110 cm³/mol. The summed E-state index contributed by atoms with van der Waals surface area (Å²) in [5.41, 5.74) is -0.652. The third-order valence-corrected chi connectivity index (χ3v) is 8.26. The topological polar surface area (TPSA) is 76.8 Å². The van der Waals surface area contributed by atoms with E-state index in [-0.39, 0.29) is 47.9 Å². The number of halogens is 5. The Hall–Kier alpha value is -1.66. The van der Waals surface area contributed by atoms with Crippen LogP contribution in [-0.4, -0.2) is 59.8 Å². The standard InChI is InChI=1S/C18H17Cl2F3N4O3S/c1-10-17(31(28,29)26-4-6-30-7-5-26)16(11-2-3-12(19)13(20)8-11)27-15(24-10)9-14(25-27)18(21,22)23/h2-3,8-9,16-17H,4-7H2,1H3. The lowest BCUT2D eigenvalue weighted by Crippen LogP contribution is -2.51. The van der Waals surface area contributed by atoms with Crippen LogP contribution < -0.4 is 0 Å². The second kappa shape index (κ2) is 8.04. The van der Waals surface area contributed by atoms with Crippen molar-refractivity contribution in [2.75, 3.05) is 26.3 Å². The Morgan fingerprint density at radius 1 is 1.13 bits per heavy atom. The molecule has 0 N–H and O–H groups in total. The lowest BCUT2D eigenvalue weighted by Gasteiger charge is -2.36. The number of hydrogen-bond donors (Lipinski definition) is 0. The molecule has 0 aliphatic carbocycles. The van der Waals surface area contributed by atoms with Crippen LogP contribution in [0.3, 0.4) is 0 Å². The van der Waals surface area contributed by atoms with Crippen molar-refractivity contribution in [3.05, 3.63) is 45.6 Å². The van der Waals surface area contributed by atoms with Gasteiger partial charge in [0.15, 0.2) is 11.5 Å². The molecule has 2 aromatic rings. The molecule has 2 atom stereocenters. The van der Waals surface area contributed by atoms with Crippen LogP contribution in [0.15, 0.2) is 29.3 Å². The van der Waals surface area contributed by atoms with Crippen molar-refractivity contribution in [1.29, 1.82) is 0 Å². The van der Waals surface area contributed by atoms with Gasteiger partial charge < -0.3 is 4.74 Å². The molecule has 1 saturated heterocycles. The maximum absolute atomic E-state index is 13.6. The van der Waals surface area contributed by atoms with Gasteiger partial charge in [0.25, 0.3) is 0 Å². The first-order chi connectivity index (χ1) is 14.5. The normalized spacial score (nSPS) is 22.8. The largest absolute Gasteiger partial charge is 0.435 e. The van der Waals surface area contributed by atoms with Gasteiger partial charge >= 0.3 is 6.18 Å². The number of nitrogens with zero attached hydrogens (tertiary/aromatic N) is 4. The molecule has 13 heteroatoms. The first-order valence-electron chi connectivity index (χ1n) is 9.24. The molecule has 0 amide bonds. The van der Waals surface area contributed by atoms with E-state index in [9.17, 15) is 21.6 Å². The van der Waals surface area contributed by atoms with Crippen molar-refractivity contribution < 1.29 is 26.3 Å². The molecular formula is C18H17Cl2F3N4O3S. The molecule has 2 unspecified atom stereocenters. The van der Waals surface area contributed by atoms with Gasteiger partial charge in [-0.15, -0.1) is 0 Å². The minimum absolute atomic E-state index is 0.0886. The fraction of sp³-hybridized carbons (Fsp3) is 0.444. The second-order valence-corrected chi connectivity index (χ2v) is 10.0. The summed E-state index contributed by atoms with van der Waals surface area (Å²) >= 11 is 12.1. The maximum Gasteiger partial charge on any atom is 0.435 e. The highest BCUT2D eigenvalue weighted by molar-refractivity contribution is 7.90. The highest BCUT2D eigenvalue weighted by Gasteiger charge is 2.47. The molecule has 2 aliphatic rings. The molecule has 1 aromatic carbocycles. The van der Waals surface area contributed by atoms with Crippen molar-refractivity contribution in [3.8, 4) is 0 Å². The van der Waals surface area contributed by atoms with Crippen molar-refractivity contribution in [3.63, 3.8) is 0 Å². The van der Waals surface area contributed by atoms with Gasteiger partial charge in [-0.25, -0.2) is 18.1 Å². The molecule has 0 radical (unpaired) electrons. The summed E-state index contributed by atoms with van der Waals surface area (Å²) in [7, 11) is -4.02. The molecule has 2 aliphatic heterocycles. The summed E-state index contributed by atoms with van der Waals surface area (Å²) in [5.74, 6) is -0.0886. The lowest BCUT2D eigenvalue weighted by molar-refractivity contribution is -0.141. The average Bonchev–Trinajstić information content (AvgIpc) is 3.14. The van der Waals surface area contributed by atoms with Gasteiger partial charge in [-0.1, -0.05) is 29.3 Å². The number of aliphatic imine (C=N–C) groups is 1. The number of alkyl halides is 3. The summed E-state index contributed by atoms with van der Waals surface area (Å²) in [6.45, 7) is 2.21. The quantitative estimate of drug-likeness (QED) is 0.644. The van der Waals surface area contributed by atoms with E-state index >= 15 is 0 Å². The van der Waals surface area contributed by atoms with E-state index in [1.807, 2.05) is 0 Å². The molecule has 0 saturated carbocycles. The van der Waals surface area contributed by atoms with Crippen LogP contribution in [0.2, 0.25) is 10.0 Å². The van der Waals surface area contributed by atoms with E-state index in [2.05, 4.69) is 10.1 Å². The number of sulfonamides is 1. The van der Waals surface area contributed by atoms with Gasteiger partial charge in [-0.3, -0.25) is 0 Å². The molecule has 1 aromatic heterocycles. The van der Waals surface area contributed by atoms with Crippen molar-refractivity contribution in [2.45, 2.75) is 24.4 Å². The number of morpholine rings is 1. The van der Waals surface area contributed by atoms with Gasteiger partial charge in [-0.2, -0.15) is 22.6 Å². The third kappa shape index (κ3) is 4.09. The number of ether oxygens (including phenoxy) is 1. The zero-order chi connectivity index (χ0) is 22.6. The molecule has 0 spiro atoms. The molecule has 3 heterocycles. The number of rotatable bonds is 3. The van der Waals surface area contributed by atoms with Crippen LogP contribution in [-0.2, 0) is 20.9 Å². The Labute approximate surface area is 186 Å². The van der Waals surface area contributed by atoms with E-state index in [4.69, 9.17) is 27.9 Å². The van der Waals surface area contributed by atoms with Crippen molar-refractivity contribution in [1.82, 2.24) is 14.1 Å². The SMILES string of the molecule is CC1=Nc2cc(C(F)(F)F)nn2C(c2ccc(Cl)c(Cl)c2)C1S(=O)(=O)N1CCOCC1. The molecule has 1 fully saturated rings. The molecule has 0 bridgehead atoms. The van der Waals surface area contributed by atoms with Crippen LogP contribution >= 0.6 is 23.2 Å². The Kier molecular flexibility index (Phi) is 5.84. The molecule has 4 rings (SSSR count). The monoisotopic (exact) mass is 496 g/mol. The lowest BCUT2D eigenvalue weighted by atomic mass is 9.99. The Morgan fingerprint density at radius 2 is 1.81 bits per heavy atom. The summed E-state index contributed by atoms with van der Waals surface area (Å²) in [5, 5.41) is 2.77. The third-order valence-electron chi connectivity index (χ3n) is 5.20. The number of hydrogen-bond acceptors (Lipinski definition) is 5. The summed E-state index contributed by atoms with van der Waals surface area (Å²) in [4.78, 5) is 4.16. The van der Waals surface area contributed by atoms with Crippen LogP contribution in [0, 0.1) is 0 Å². The Morgan fingerprint density at radius 3 is 2.42 bits per heavy atom. The highest BCUT2D eigenvalue weighted by Crippen LogP contribution is 2.41. The Bertz CT molecular complexity index is 1140. The predicted octanol–water partition coefficient (Wildman–Crippen LogP) is 3.93. The van der Waals surface area contributed by atoms with E-state index in [1.54, 1.807) is 0 Å². The van der Waals surface area contributed by atoms with E-state index < -0.39 is 33.2 Å². The molecule has 168 valence electrons. The van der Waals surface area contributed by atoms with E-state index in [0.717, 1.165) is 10.7 Å². The van der Waals surface area contributed by atoms with Crippen LogP contribution in [0.4, 0.5) is 19.0 Å². The minimum atomic E-state index is -4.71. The Balaban J connectivity index is 1.90. The van der Waals surface area contributed by atoms with E-state index in [1.165, 1.54) is 29.4 Å². The molecule has 7 nitrogen and oxygen atoms in total.